The molecule has 0 rings (SSSR count). The Morgan fingerprint density at radius 1 is 0.397 bits per heavy atom. The zero-order chi connectivity index (χ0) is 49.3. The van der Waals surface area contributed by atoms with E-state index in [1.807, 2.05) is 0 Å². The van der Waals surface area contributed by atoms with Gasteiger partial charge in [-0.1, -0.05) is 269 Å². The summed E-state index contributed by atoms with van der Waals surface area (Å²) in [5, 5.41) is 23.2. The monoisotopic (exact) mass is 958 g/mol. The number of hydrogen-bond acceptors (Lipinski definition) is 5. The molecule has 0 aliphatic heterocycles. The van der Waals surface area contributed by atoms with Gasteiger partial charge in [-0.05, 0) is 77.0 Å². The van der Waals surface area contributed by atoms with Crippen molar-refractivity contribution < 1.29 is 24.5 Å². The van der Waals surface area contributed by atoms with E-state index in [9.17, 15) is 19.8 Å². The Morgan fingerprint density at radius 2 is 0.691 bits per heavy atom. The second-order valence-electron chi connectivity index (χ2n) is 21.0. The SMILES string of the molecule is CCCCCC/C=C\CCCCCCCC(=O)OCCCCCCCCCCCCCC/C=C\CCCCCCCCCCCCCC(=O)NC(CO)C(O)CCCCCCCCCCCCC. The number of esters is 1. The Hall–Kier alpha value is -1.66. The van der Waals surface area contributed by atoms with Gasteiger partial charge in [-0.2, -0.15) is 0 Å². The largest absolute Gasteiger partial charge is 0.466 e. The van der Waals surface area contributed by atoms with E-state index in [4.69, 9.17) is 4.74 Å². The van der Waals surface area contributed by atoms with Crippen LogP contribution in [0.5, 0.6) is 0 Å². The van der Waals surface area contributed by atoms with Crippen molar-refractivity contribution in [2.24, 2.45) is 0 Å². The number of carbonyl (C=O) groups is 2. The molecule has 2 atom stereocenters. The molecule has 6 nitrogen and oxygen atoms in total. The Balaban J connectivity index is 3.36. The van der Waals surface area contributed by atoms with Crippen molar-refractivity contribution in [3.05, 3.63) is 24.3 Å². The zero-order valence-electron chi connectivity index (χ0n) is 45.9. The summed E-state index contributed by atoms with van der Waals surface area (Å²) in [5.41, 5.74) is 0. The third-order valence-corrected chi connectivity index (χ3v) is 14.2. The lowest BCUT2D eigenvalue weighted by Gasteiger charge is -2.22. The maximum absolute atomic E-state index is 12.4. The molecule has 0 bridgehead atoms. The van der Waals surface area contributed by atoms with Crippen molar-refractivity contribution in [2.45, 2.75) is 347 Å². The first-order valence-corrected chi connectivity index (χ1v) is 30.6. The highest BCUT2D eigenvalue weighted by atomic mass is 16.5. The first kappa shape index (κ1) is 66.3. The quantitative estimate of drug-likeness (QED) is 0.0321. The molecule has 0 heterocycles. The van der Waals surface area contributed by atoms with Crippen LogP contribution in [0.1, 0.15) is 335 Å². The Morgan fingerprint density at radius 3 is 1.06 bits per heavy atom. The van der Waals surface area contributed by atoms with Gasteiger partial charge in [0.1, 0.15) is 0 Å². The third kappa shape index (κ3) is 53.7. The van der Waals surface area contributed by atoms with Crippen LogP contribution in [0, 0.1) is 0 Å². The van der Waals surface area contributed by atoms with Crippen LogP contribution >= 0.6 is 0 Å². The van der Waals surface area contributed by atoms with Gasteiger partial charge in [0, 0.05) is 12.8 Å². The average molecular weight is 959 g/mol. The summed E-state index contributed by atoms with van der Waals surface area (Å²) in [7, 11) is 0. The number of carbonyl (C=O) groups excluding carboxylic acids is 2. The number of ether oxygens (including phenoxy) is 1. The highest BCUT2D eigenvalue weighted by molar-refractivity contribution is 5.76. The number of aliphatic hydroxyl groups is 2. The topological polar surface area (TPSA) is 95.9 Å². The van der Waals surface area contributed by atoms with E-state index in [0.29, 0.717) is 25.9 Å². The molecule has 3 N–H and O–H groups in total. The molecular formula is C62H119NO5. The molecule has 0 radical (unpaired) electrons. The van der Waals surface area contributed by atoms with Gasteiger partial charge in [-0.3, -0.25) is 9.59 Å². The van der Waals surface area contributed by atoms with Crippen molar-refractivity contribution in [2.75, 3.05) is 13.2 Å². The van der Waals surface area contributed by atoms with Crippen LogP contribution in [0.4, 0.5) is 0 Å². The number of unbranched alkanes of at least 4 members (excludes halogenated alkanes) is 42. The number of rotatable bonds is 57. The number of amides is 1. The second kappa shape index (κ2) is 57.9. The average Bonchev–Trinajstić information content (AvgIpc) is 3.34. The summed E-state index contributed by atoms with van der Waals surface area (Å²) in [4.78, 5) is 24.5. The van der Waals surface area contributed by atoms with Crippen molar-refractivity contribution in [1.82, 2.24) is 5.32 Å². The molecule has 1 amide bonds. The summed E-state index contributed by atoms with van der Waals surface area (Å²) in [6.45, 7) is 4.94. The van der Waals surface area contributed by atoms with E-state index in [0.717, 1.165) is 44.9 Å². The Labute approximate surface area is 424 Å². The van der Waals surface area contributed by atoms with Crippen LogP contribution in [0.3, 0.4) is 0 Å². The lowest BCUT2D eigenvalue weighted by Crippen LogP contribution is -2.45. The number of allylic oxidation sites excluding steroid dienone is 4. The summed E-state index contributed by atoms with van der Waals surface area (Å²) >= 11 is 0. The van der Waals surface area contributed by atoms with E-state index in [1.165, 1.54) is 257 Å². The predicted octanol–water partition coefficient (Wildman–Crippen LogP) is 19.0. The molecule has 0 fully saturated rings. The summed E-state index contributed by atoms with van der Waals surface area (Å²) in [6.07, 6.45) is 70.5. The standard InChI is InChI=1S/C62H119NO5/c1-3-5-7-9-11-13-15-31-36-40-44-48-52-56-62(67)68-57-53-49-45-41-37-33-30-28-26-24-22-20-18-16-17-19-21-23-25-27-29-32-35-39-43-47-51-55-61(66)63-59(58-64)60(65)54-50-46-42-38-34-14-12-10-8-6-4-2/h13,15-17,59-60,64-65H,3-12,14,18-58H2,1-2H3,(H,63,66)/b15-13-,17-16-. The van der Waals surface area contributed by atoms with Gasteiger partial charge >= 0.3 is 5.97 Å². The molecule has 0 aromatic carbocycles. The van der Waals surface area contributed by atoms with Gasteiger partial charge in [0.15, 0.2) is 0 Å². The fraction of sp³-hybridized carbons (Fsp3) is 0.903. The van der Waals surface area contributed by atoms with Crippen LogP contribution < -0.4 is 5.32 Å². The fourth-order valence-corrected chi connectivity index (χ4v) is 9.51. The molecule has 0 spiro atoms. The summed E-state index contributed by atoms with van der Waals surface area (Å²) < 4.78 is 5.47. The first-order valence-electron chi connectivity index (χ1n) is 30.6. The van der Waals surface area contributed by atoms with Crippen LogP contribution in [-0.4, -0.2) is 47.4 Å². The van der Waals surface area contributed by atoms with Crippen LogP contribution in [0.15, 0.2) is 24.3 Å². The Bertz CT molecular complexity index is 1060. The van der Waals surface area contributed by atoms with Gasteiger partial charge in [-0.25, -0.2) is 0 Å². The van der Waals surface area contributed by atoms with E-state index >= 15 is 0 Å². The lowest BCUT2D eigenvalue weighted by molar-refractivity contribution is -0.143. The lowest BCUT2D eigenvalue weighted by atomic mass is 10.0. The van der Waals surface area contributed by atoms with Crippen molar-refractivity contribution in [3.63, 3.8) is 0 Å². The fourth-order valence-electron chi connectivity index (χ4n) is 9.51. The van der Waals surface area contributed by atoms with E-state index < -0.39 is 12.1 Å². The number of nitrogens with one attached hydrogen (secondary N) is 1. The van der Waals surface area contributed by atoms with Crippen LogP contribution in [-0.2, 0) is 14.3 Å². The second-order valence-corrected chi connectivity index (χ2v) is 21.0. The summed E-state index contributed by atoms with van der Waals surface area (Å²) in [6, 6.07) is -0.540. The van der Waals surface area contributed by atoms with Gasteiger partial charge in [0.05, 0.1) is 25.4 Å². The molecule has 0 aliphatic rings. The van der Waals surface area contributed by atoms with Crippen LogP contribution in [0.25, 0.3) is 0 Å². The van der Waals surface area contributed by atoms with Gasteiger partial charge in [-0.15, -0.1) is 0 Å². The molecule has 0 saturated heterocycles. The van der Waals surface area contributed by atoms with E-state index in [1.54, 1.807) is 0 Å². The Kier molecular flexibility index (Phi) is 56.5. The smallest absolute Gasteiger partial charge is 0.305 e. The van der Waals surface area contributed by atoms with Gasteiger partial charge in [0.2, 0.25) is 5.91 Å². The first-order chi connectivity index (χ1) is 33.5. The number of hydrogen-bond donors (Lipinski definition) is 3. The number of aliphatic hydroxyl groups excluding tert-OH is 2. The summed E-state index contributed by atoms with van der Waals surface area (Å²) in [5.74, 6) is -0.0300. The molecule has 0 aliphatic carbocycles. The molecule has 0 aromatic heterocycles. The van der Waals surface area contributed by atoms with Crippen molar-refractivity contribution >= 4 is 11.9 Å². The molecule has 402 valence electrons. The predicted molar refractivity (Wildman–Crippen MR) is 296 cm³/mol. The highest BCUT2D eigenvalue weighted by Crippen LogP contribution is 2.17. The molecule has 68 heavy (non-hydrogen) atoms. The normalized spacial score (nSPS) is 12.7. The molecule has 2 unspecified atom stereocenters. The molecule has 6 heteroatoms. The van der Waals surface area contributed by atoms with Crippen LogP contribution in [0.2, 0.25) is 0 Å². The highest BCUT2D eigenvalue weighted by Gasteiger charge is 2.20. The molecule has 0 aromatic rings. The third-order valence-electron chi connectivity index (χ3n) is 14.2. The molecular weight excluding hydrogens is 839 g/mol. The van der Waals surface area contributed by atoms with Gasteiger partial charge in [0.25, 0.3) is 0 Å². The van der Waals surface area contributed by atoms with Crippen molar-refractivity contribution in [3.8, 4) is 0 Å². The minimum absolute atomic E-state index is 0.00591. The van der Waals surface area contributed by atoms with E-state index in [-0.39, 0.29) is 18.5 Å². The maximum atomic E-state index is 12.4. The van der Waals surface area contributed by atoms with Gasteiger partial charge < -0.3 is 20.3 Å². The minimum atomic E-state index is -0.663. The molecule has 0 saturated carbocycles. The van der Waals surface area contributed by atoms with Crippen molar-refractivity contribution in [1.29, 1.82) is 0 Å². The maximum Gasteiger partial charge on any atom is 0.305 e. The zero-order valence-corrected chi connectivity index (χ0v) is 45.9. The van der Waals surface area contributed by atoms with E-state index in [2.05, 4.69) is 43.5 Å². The minimum Gasteiger partial charge on any atom is -0.466 e.